The number of nitro benzene ring substituents is 1. The molecule has 0 saturated carbocycles. The topological polar surface area (TPSA) is 91.8 Å². The van der Waals surface area contributed by atoms with Crippen LogP contribution in [-0.2, 0) is 24.1 Å². The van der Waals surface area contributed by atoms with Crippen LogP contribution in [0.2, 0.25) is 0 Å². The number of ether oxygens (including phenoxy) is 2. The first-order valence-electron chi connectivity index (χ1n) is 9.82. The van der Waals surface area contributed by atoms with Crippen molar-refractivity contribution in [3.8, 4) is 11.6 Å². The number of hydrogen-bond donors (Lipinski definition) is 1. The molecule has 0 atom stereocenters. The Bertz CT molecular complexity index is 1060. The molecule has 0 amide bonds. The van der Waals surface area contributed by atoms with E-state index in [-0.39, 0.29) is 5.69 Å². The van der Waals surface area contributed by atoms with E-state index in [1.165, 1.54) is 27.5 Å². The Morgan fingerprint density at radius 2 is 1.97 bits per heavy atom. The molecule has 1 aliphatic carbocycles. The molecule has 0 bridgehead atoms. The molecule has 9 heteroatoms. The molecule has 0 unspecified atom stereocenters. The third-order valence-corrected chi connectivity index (χ3v) is 6.63. The normalized spacial score (nSPS) is 16.8. The largest absolute Gasteiger partial charge is 0.438 e. The maximum Gasteiger partial charge on any atom is 0.269 e. The molecule has 5 rings (SSSR count). The van der Waals surface area contributed by atoms with E-state index >= 15 is 0 Å². The third-order valence-electron chi connectivity index (χ3n) is 5.45. The fourth-order valence-corrected chi connectivity index (χ4v) is 5.24. The summed E-state index contributed by atoms with van der Waals surface area (Å²) in [6.07, 6.45) is 3.24. The smallest absolute Gasteiger partial charge is 0.269 e. The fourth-order valence-electron chi connectivity index (χ4n) is 3.97. The summed E-state index contributed by atoms with van der Waals surface area (Å²) in [6.45, 7) is 4.15. The Morgan fingerprint density at radius 1 is 1.17 bits per heavy atom. The monoisotopic (exact) mass is 413 g/mol. The molecule has 0 radical (unpaired) electrons. The van der Waals surface area contributed by atoms with E-state index in [1.54, 1.807) is 23.5 Å². The van der Waals surface area contributed by atoms with Gasteiger partial charge in [0.05, 0.1) is 23.5 Å². The van der Waals surface area contributed by atoms with Crippen molar-refractivity contribution in [3.05, 3.63) is 50.6 Å². The summed E-state index contributed by atoms with van der Waals surface area (Å²) in [5.74, 6) is 1.87. The zero-order valence-electron chi connectivity index (χ0n) is 15.8. The molecule has 1 fully saturated rings. The summed E-state index contributed by atoms with van der Waals surface area (Å²) in [5, 5.41) is 11.9. The van der Waals surface area contributed by atoms with E-state index < -0.39 is 4.92 Å². The molecule has 3 heterocycles. The minimum absolute atomic E-state index is 0.0400. The molecule has 1 saturated heterocycles. The molecular weight excluding hydrogens is 392 g/mol. The number of nitrogens with one attached hydrogen (secondary N) is 1. The van der Waals surface area contributed by atoms with Gasteiger partial charge in [-0.1, -0.05) is 0 Å². The molecule has 8 nitrogen and oxygen atoms in total. The molecular formula is C20H21N4O4S+. The van der Waals surface area contributed by atoms with Crippen molar-refractivity contribution in [2.75, 3.05) is 26.3 Å². The zero-order valence-corrected chi connectivity index (χ0v) is 16.7. The van der Waals surface area contributed by atoms with Crippen molar-refractivity contribution in [2.24, 2.45) is 0 Å². The second-order valence-corrected chi connectivity index (χ2v) is 8.46. The number of thiophene rings is 1. The van der Waals surface area contributed by atoms with Crippen LogP contribution in [0.5, 0.6) is 11.6 Å². The van der Waals surface area contributed by atoms with Gasteiger partial charge in [-0.25, -0.2) is 4.98 Å². The van der Waals surface area contributed by atoms with Crippen LogP contribution in [0.15, 0.2) is 24.3 Å². The maximum absolute atomic E-state index is 10.9. The van der Waals surface area contributed by atoms with Gasteiger partial charge in [0, 0.05) is 17.0 Å². The Kier molecular flexibility index (Phi) is 4.86. The second kappa shape index (κ2) is 7.66. The number of morpholine rings is 1. The summed E-state index contributed by atoms with van der Waals surface area (Å²) in [6, 6.07) is 6.13. The van der Waals surface area contributed by atoms with E-state index in [0.29, 0.717) is 11.6 Å². The molecule has 1 aromatic carbocycles. The van der Waals surface area contributed by atoms with Crippen LogP contribution in [0.4, 0.5) is 5.69 Å². The van der Waals surface area contributed by atoms with Gasteiger partial charge in [-0.2, -0.15) is 4.98 Å². The van der Waals surface area contributed by atoms with Crippen molar-refractivity contribution < 1.29 is 19.3 Å². The molecule has 1 N–H and O–H groups in total. The van der Waals surface area contributed by atoms with Crippen molar-refractivity contribution in [2.45, 2.75) is 25.8 Å². The molecule has 29 heavy (non-hydrogen) atoms. The standard InChI is InChI=1S/C20H20N4O4S/c25-24(26)13-4-6-14(7-5-13)28-19-18-15-2-1-3-16(15)29-20(18)22-17(21-19)12-23-8-10-27-11-9-23/h4-7H,1-3,8-12H2/p+1. The Balaban J connectivity index is 1.51. The van der Waals surface area contributed by atoms with Crippen LogP contribution in [0.25, 0.3) is 10.2 Å². The van der Waals surface area contributed by atoms with Gasteiger partial charge in [-0.05, 0) is 37.0 Å². The highest BCUT2D eigenvalue weighted by Gasteiger charge is 2.25. The van der Waals surface area contributed by atoms with Crippen molar-refractivity contribution in [1.29, 1.82) is 0 Å². The van der Waals surface area contributed by atoms with Gasteiger partial charge >= 0.3 is 0 Å². The van der Waals surface area contributed by atoms with Crippen molar-refractivity contribution in [1.82, 2.24) is 9.97 Å². The van der Waals surface area contributed by atoms with E-state index in [0.717, 1.165) is 68.2 Å². The van der Waals surface area contributed by atoms with Crippen LogP contribution < -0.4 is 9.64 Å². The number of benzene rings is 1. The first-order chi connectivity index (χ1) is 14.2. The second-order valence-electron chi connectivity index (χ2n) is 7.37. The molecule has 2 aromatic heterocycles. The minimum atomic E-state index is -0.415. The number of non-ortho nitro benzene ring substituents is 1. The number of rotatable bonds is 5. The van der Waals surface area contributed by atoms with Crippen LogP contribution in [0, 0.1) is 10.1 Å². The number of quaternary nitrogens is 1. The summed E-state index contributed by atoms with van der Waals surface area (Å²) < 4.78 is 11.6. The van der Waals surface area contributed by atoms with E-state index in [9.17, 15) is 10.1 Å². The molecule has 1 aliphatic heterocycles. The van der Waals surface area contributed by atoms with Crippen LogP contribution >= 0.6 is 11.3 Å². The predicted octanol–water partition coefficient (Wildman–Crippen LogP) is 2.30. The van der Waals surface area contributed by atoms with Crippen molar-refractivity contribution in [3.63, 3.8) is 0 Å². The molecule has 2 aliphatic rings. The number of hydrogen-bond acceptors (Lipinski definition) is 7. The van der Waals surface area contributed by atoms with Gasteiger partial charge in [-0.3, -0.25) is 10.1 Å². The highest BCUT2D eigenvalue weighted by atomic mass is 32.1. The number of aryl methyl sites for hydroxylation is 2. The Labute approximate surface area is 171 Å². The number of nitro groups is 1. The summed E-state index contributed by atoms with van der Waals surface area (Å²) in [5.41, 5.74) is 1.34. The van der Waals surface area contributed by atoms with Crippen LogP contribution in [-0.4, -0.2) is 41.2 Å². The summed E-state index contributed by atoms with van der Waals surface area (Å²) >= 11 is 1.74. The average Bonchev–Trinajstić information content (AvgIpc) is 3.30. The fraction of sp³-hybridized carbons (Fsp3) is 0.400. The maximum atomic E-state index is 10.9. The highest BCUT2D eigenvalue weighted by molar-refractivity contribution is 7.19. The van der Waals surface area contributed by atoms with Crippen LogP contribution in [0.3, 0.4) is 0 Å². The van der Waals surface area contributed by atoms with Gasteiger partial charge in [-0.15, -0.1) is 11.3 Å². The quantitative estimate of drug-likeness (QED) is 0.510. The summed E-state index contributed by atoms with van der Waals surface area (Å²) in [4.78, 5) is 23.9. The van der Waals surface area contributed by atoms with Crippen LogP contribution in [0.1, 0.15) is 22.7 Å². The summed E-state index contributed by atoms with van der Waals surface area (Å²) in [7, 11) is 0. The average molecular weight is 413 g/mol. The van der Waals surface area contributed by atoms with Crippen molar-refractivity contribution >= 4 is 27.2 Å². The van der Waals surface area contributed by atoms with E-state index in [1.807, 2.05) is 0 Å². The first kappa shape index (κ1) is 18.4. The molecule has 0 spiro atoms. The van der Waals surface area contributed by atoms with Gasteiger partial charge in [0.15, 0.2) is 5.82 Å². The minimum Gasteiger partial charge on any atom is -0.438 e. The zero-order chi connectivity index (χ0) is 19.8. The lowest BCUT2D eigenvalue weighted by Gasteiger charge is -2.23. The Morgan fingerprint density at radius 3 is 2.72 bits per heavy atom. The number of fused-ring (bicyclic) bond motifs is 3. The third kappa shape index (κ3) is 3.68. The number of aromatic nitrogens is 2. The first-order valence-corrected chi connectivity index (χ1v) is 10.6. The van der Waals surface area contributed by atoms with Gasteiger partial charge in [0.1, 0.15) is 30.2 Å². The molecule has 3 aromatic rings. The van der Waals surface area contributed by atoms with E-state index in [2.05, 4.69) is 0 Å². The molecule has 150 valence electrons. The SMILES string of the molecule is O=[N+]([O-])c1ccc(Oc2nc(C[NH+]3CCOCC3)nc3sc4c(c23)CCC4)cc1. The Hall–Kier alpha value is -2.62. The van der Waals surface area contributed by atoms with E-state index in [4.69, 9.17) is 19.4 Å². The van der Waals surface area contributed by atoms with Gasteiger partial charge in [0.25, 0.3) is 5.69 Å². The predicted molar refractivity (Wildman–Crippen MR) is 108 cm³/mol. The van der Waals surface area contributed by atoms with Gasteiger partial charge in [0.2, 0.25) is 5.88 Å². The number of nitrogens with zero attached hydrogens (tertiary/aromatic N) is 3. The lowest BCUT2D eigenvalue weighted by atomic mass is 10.2. The highest BCUT2D eigenvalue weighted by Crippen LogP contribution is 2.41. The lowest BCUT2D eigenvalue weighted by Crippen LogP contribution is -3.12. The lowest BCUT2D eigenvalue weighted by molar-refractivity contribution is -0.922. The van der Waals surface area contributed by atoms with Gasteiger partial charge < -0.3 is 14.4 Å².